The van der Waals surface area contributed by atoms with E-state index in [0.29, 0.717) is 11.3 Å². The quantitative estimate of drug-likeness (QED) is 0.686. The molecule has 5 nitrogen and oxygen atoms in total. The molecule has 2 aromatic carbocycles. The third-order valence-corrected chi connectivity index (χ3v) is 4.01. The second-order valence-electron chi connectivity index (χ2n) is 5.82. The van der Waals surface area contributed by atoms with Crippen LogP contribution in [0.4, 0.5) is 21.7 Å². The third-order valence-electron chi connectivity index (χ3n) is 3.72. The van der Waals surface area contributed by atoms with Crippen LogP contribution in [0.25, 0.3) is 0 Å². The number of anilines is 3. The summed E-state index contributed by atoms with van der Waals surface area (Å²) < 4.78 is 13.2. The van der Waals surface area contributed by atoms with Crippen LogP contribution in [0.1, 0.15) is 21.5 Å². The minimum absolute atomic E-state index is 0.000495. The number of nitrogens with one attached hydrogen (secondary N) is 2. The molecule has 0 spiro atoms. The lowest BCUT2D eigenvalue weighted by Crippen LogP contribution is -2.14. The Morgan fingerprint density at radius 3 is 2.46 bits per heavy atom. The van der Waals surface area contributed by atoms with E-state index in [0.717, 1.165) is 16.8 Å². The van der Waals surface area contributed by atoms with Gasteiger partial charge in [0.25, 0.3) is 5.91 Å². The predicted molar refractivity (Wildman–Crippen MR) is 101 cm³/mol. The van der Waals surface area contributed by atoms with Gasteiger partial charge < -0.3 is 10.6 Å². The first kappa shape index (κ1) is 17.8. The largest absolute Gasteiger partial charge is 0.324 e. The Morgan fingerprint density at radius 1 is 1.08 bits per heavy atom. The second-order valence-corrected chi connectivity index (χ2v) is 6.23. The lowest BCUT2D eigenvalue weighted by atomic mass is 10.1. The van der Waals surface area contributed by atoms with Crippen molar-refractivity contribution in [1.29, 1.82) is 0 Å². The topological polar surface area (TPSA) is 66.9 Å². The standard InChI is InChI=1S/C19H16ClFN4O/c1-11-3-6-17(12(2)7-11)25-18(26)13-9-22-19(23-10-13)24-14-4-5-16(21)15(20)8-14/h3-10H,1-2H3,(H,25,26)(H,22,23,24). The number of rotatable bonds is 4. The fraction of sp³-hybridized carbons (Fsp3) is 0.105. The van der Waals surface area contributed by atoms with Crippen molar-refractivity contribution in [2.75, 3.05) is 10.6 Å². The van der Waals surface area contributed by atoms with E-state index < -0.39 is 5.82 Å². The number of hydrogen-bond donors (Lipinski definition) is 2. The molecule has 0 saturated carbocycles. The second kappa shape index (κ2) is 7.49. The molecule has 1 heterocycles. The van der Waals surface area contributed by atoms with Gasteiger partial charge in [-0.25, -0.2) is 14.4 Å². The van der Waals surface area contributed by atoms with Crippen LogP contribution in [0.5, 0.6) is 0 Å². The number of nitrogens with zero attached hydrogens (tertiary/aromatic N) is 2. The van der Waals surface area contributed by atoms with E-state index in [1.165, 1.54) is 30.6 Å². The number of aryl methyl sites for hydroxylation is 2. The molecule has 1 amide bonds. The van der Waals surface area contributed by atoms with Gasteiger partial charge in [-0.3, -0.25) is 4.79 Å². The molecule has 26 heavy (non-hydrogen) atoms. The summed E-state index contributed by atoms with van der Waals surface area (Å²) in [7, 11) is 0. The number of halogens is 2. The van der Waals surface area contributed by atoms with Crippen LogP contribution in [-0.2, 0) is 0 Å². The van der Waals surface area contributed by atoms with E-state index in [2.05, 4.69) is 20.6 Å². The van der Waals surface area contributed by atoms with Gasteiger partial charge in [-0.05, 0) is 43.7 Å². The summed E-state index contributed by atoms with van der Waals surface area (Å²) in [6.07, 6.45) is 2.83. The van der Waals surface area contributed by atoms with E-state index in [1.807, 2.05) is 32.0 Å². The van der Waals surface area contributed by atoms with Gasteiger partial charge in [0.15, 0.2) is 0 Å². The molecular formula is C19H16ClFN4O. The Morgan fingerprint density at radius 2 is 1.81 bits per heavy atom. The van der Waals surface area contributed by atoms with Gasteiger partial charge in [0.05, 0.1) is 10.6 Å². The molecule has 0 fully saturated rings. The van der Waals surface area contributed by atoms with Gasteiger partial charge in [0.1, 0.15) is 5.82 Å². The molecule has 0 aliphatic carbocycles. The summed E-state index contributed by atoms with van der Waals surface area (Å²) in [5.41, 5.74) is 3.71. The first-order valence-corrected chi connectivity index (χ1v) is 8.23. The molecule has 1 aromatic heterocycles. The molecule has 0 saturated heterocycles. The zero-order chi connectivity index (χ0) is 18.7. The summed E-state index contributed by atoms with van der Waals surface area (Å²) in [6, 6.07) is 9.98. The molecule has 0 atom stereocenters. The zero-order valence-electron chi connectivity index (χ0n) is 14.2. The van der Waals surface area contributed by atoms with E-state index in [9.17, 15) is 9.18 Å². The van der Waals surface area contributed by atoms with Gasteiger partial charge in [-0.15, -0.1) is 0 Å². The fourth-order valence-corrected chi connectivity index (χ4v) is 2.54. The molecule has 132 valence electrons. The SMILES string of the molecule is Cc1ccc(NC(=O)c2cnc(Nc3ccc(F)c(Cl)c3)nc2)c(C)c1. The van der Waals surface area contributed by atoms with Crippen molar-refractivity contribution in [3.05, 3.63) is 76.3 Å². The van der Waals surface area contributed by atoms with Crippen LogP contribution in [0.2, 0.25) is 5.02 Å². The average molecular weight is 371 g/mol. The van der Waals surface area contributed by atoms with Crippen molar-refractivity contribution >= 4 is 34.8 Å². The number of benzene rings is 2. The molecule has 0 radical (unpaired) electrons. The maximum absolute atomic E-state index is 13.2. The molecular weight excluding hydrogens is 355 g/mol. The average Bonchev–Trinajstić information content (AvgIpc) is 2.61. The Balaban J connectivity index is 1.70. The molecule has 0 unspecified atom stereocenters. The first-order valence-electron chi connectivity index (χ1n) is 7.85. The summed E-state index contributed by atoms with van der Waals surface area (Å²) in [6.45, 7) is 3.92. The third kappa shape index (κ3) is 4.15. The molecule has 0 aliphatic rings. The van der Waals surface area contributed by atoms with Crippen molar-refractivity contribution < 1.29 is 9.18 Å². The fourth-order valence-electron chi connectivity index (χ4n) is 2.36. The van der Waals surface area contributed by atoms with E-state index in [4.69, 9.17) is 11.6 Å². The highest BCUT2D eigenvalue weighted by molar-refractivity contribution is 6.31. The van der Waals surface area contributed by atoms with Crippen LogP contribution in [0.3, 0.4) is 0 Å². The number of aromatic nitrogens is 2. The molecule has 2 N–H and O–H groups in total. The highest BCUT2D eigenvalue weighted by Gasteiger charge is 2.10. The van der Waals surface area contributed by atoms with Crippen LogP contribution in [0, 0.1) is 19.7 Å². The Hall–Kier alpha value is -2.99. The van der Waals surface area contributed by atoms with Crippen LogP contribution >= 0.6 is 11.6 Å². The molecule has 0 bridgehead atoms. The smallest absolute Gasteiger partial charge is 0.258 e. The van der Waals surface area contributed by atoms with Crippen LogP contribution < -0.4 is 10.6 Å². The summed E-state index contributed by atoms with van der Waals surface area (Å²) in [5.74, 6) is -0.527. The van der Waals surface area contributed by atoms with Crippen molar-refractivity contribution in [2.45, 2.75) is 13.8 Å². The van der Waals surface area contributed by atoms with Crippen molar-refractivity contribution in [3.8, 4) is 0 Å². The lowest BCUT2D eigenvalue weighted by molar-refractivity contribution is 0.102. The summed E-state index contributed by atoms with van der Waals surface area (Å²) >= 11 is 5.74. The zero-order valence-corrected chi connectivity index (χ0v) is 14.9. The monoisotopic (exact) mass is 370 g/mol. The van der Waals surface area contributed by atoms with E-state index >= 15 is 0 Å². The maximum atomic E-state index is 13.2. The van der Waals surface area contributed by atoms with Crippen molar-refractivity contribution in [1.82, 2.24) is 9.97 Å². The van der Waals surface area contributed by atoms with Crippen molar-refractivity contribution in [3.63, 3.8) is 0 Å². The highest BCUT2D eigenvalue weighted by Crippen LogP contribution is 2.21. The molecule has 3 aromatic rings. The predicted octanol–water partition coefficient (Wildman–Crippen LogP) is 4.88. The molecule has 7 heteroatoms. The van der Waals surface area contributed by atoms with E-state index in [-0.39, 0.29) is 16.9 Å². The Kier molecular flexibility index (Phi) is 5.14. The van der Waals surface area contributed by atoms with E-state index in [1.54, 1.807) is 0 Å². The number of amides is 1. The van der Waals surface area contributed by atoms with Crippen LogP contribution in [-0.4, -0.2) is 15.9 Å². The minimum atomic E-state index is -0.503. The normalized spacial score (nSPS) is 10.5. The molecule has 3 rings (SSSR count). The highest BCUT2D eigenvalue weighted by atomic mass is 35.5. The van der Waals surface area contributed by atoms with Gasteiger partial charge >= 0.3 is 0 Å². The Bertz CT molecular complexity index is 960. The molecule has 0 aliphatic heterocycles. The first-order chi connectivity index (χ1) is 12.4. The Labute approximate surface area is 155 Å². The number of carbonyl (C=O) groups is 1. The van der Waals surface area contributed by atoms with Gasteiger partial charge in [0, 0.05) is 23.8 Å². The maximum Gasteiger partial charge on any atom is 0.258 e. The van der Waals surface area contributed by atoms with Gasteiger partial charge in [-0.1, -0.05) is 29.3 Å². The summed E-state index contributed by atoms with van der Waals surface area (Å²) in [4.78, 5) is 20.5. The number of hydrogen-bond acceptors (Lipinski definition) is 4. The van der Waals surface area contributed by atoms with Gasteiger partial charge in [0.2, 0.25) is 5.95 Å². The summed E-state index contributed by atoms with van der Waals surface area (Å²) in [5, 5.41) is 5.74. The lowest BCUT2D eigenvalue weighted by Gasteiger charge is -2.09. The number of carbonyl (C=O) groups excluding carboxylic acids is 1. The van der Waals surface area contributed by atoms with Gasteiger partial charge in [-0.2, -0.15) is 0 Å². The minimum Gasteiger partial charge on any atom is -0.324 e. The van der Waals surface area contributed by atoms with Crippen molar-refractivity contribution in [2.24, 2.45) is 0 Å². The van der Waals surface area contributed by atoms with Crippen LogP contribution in [0.15, 0.2) is 48.8 Å².